The maximum atomic E-state index is 13.4. The topological polar surface area (TPSA) is 53.7 Å². The Hall–Kier alpha value is -3.74. The van der Waals surface area contributed by atoms with Gasteiger partial charge in [0.25, 0.3) is 5.91 Å². The number of guanidine groups is 1. The van der Waals surface area contributed by atoms with Gasteiger partial charge in [0.2, 0.25) is 5.96 Å². The number of fused-ring (bicyclic) bond motifs is 1. The maximum Gasteiger partial charge on any atom is 0.279 e. The lowest BCUT2D eigenvalue weighted by Gasteiger charge is -2.38. The molecule has 2 aromatic carbocycles. The predicted molar refractivity (Wildman–Crippen MR) is 120 cm³/mol. The van der Waals surface area contributed by atoms with Crippen LogP contribution in [-0.2, 0) is 4.79 Å². The first-order valence-electron chi connectivity index (χ1n) is 10.4. The van der Waals surface area contributed by atoms with E-state index in [0.29, 0.717) is 24.6 Å². The van der Waals surface area contributed by atoms with Gasteiger partial charge in [-0.3, -0.25) is 9.69 Å². The molecule has 0 spiro atoms. The lowest BCUT2D eigenvalue weighted by Crippen LogP contribution is -2.48. The molecule has 5 rings (SSSR count). The Bertz CT molecular complexity index is 1260. The highest BCUT2D eigenvalue weighted by Crippen LogP contribution is 2.35. The summed E-state index contributed by atoms with van der Waals surface area (Å²) in [6, 6.07) is 12.0. The smallest absolute Gasteiger partial charge is 0.279 e. The number of hydrogen-bond donors (Lipinski definition) is 0. The molecule has 7 heteroatoms. The van der Waals surface area contributed by atoms with Crippen LogP contribution in [0.1, 0.15) is 34.8 Å². The Kier molecular flexibility index (Phi) is 4.89. The van der Waals surface area contributed by atoms with Gasteiger partial charge in [-0.15, -0.1) is 0 Å². The highest BCUT2D eigenvalue weighted by molar-refractivity contribution is 6.14. The molecular weight excluding hydrogens is 405 g/mol. The van der Waals surface area contributed by atoms with Crippen LogP contribution in [0.3, 0.4) is 0 Å². The predicted octanol–water partition coefficient (Wildman–Crippen LogP) is 4.28. The number of rotatable bonds is 3. The van der Waals surface area contributed by atoms with Crippen molar-refractivity contribution in [3.8, 4) is 5.69 Å². The van der Waals surface area contributed by atoms with Crippen LogP contribution in [0.2, 0.25) is 0 Å². The summed E-state index contributed by atoms with van der Waals surface area (Å²) in [6.07, 6.45) is 6.17. The fourth-order valence-corrected chi connectivity index (χ4v) is 4.26. The number of carbonyl (C=O) groups is 1. The first-order valence-corrected chi connectivity index (χ1v) is 10.4. The van der Waals surface area contributed by atoms with E-state index >= 15 is 0 Å². The molecule has 32 heavy (non-hydrogen) atoms. The molecule has 0 saturated carbocycles. The SMILES string of the molecule is [CH]N1CC[C@@H](c2ccc(F)cc2)N2C(=O)/C(=C/c3ccc(-n4cnc(C)c4)c(C)c3)N=C12. The number of hydrogen-bond acceptors (Lipinski definition) is 4. The van der Waals surface area contributed by atoms with Crippen molar-refractivity contribution in [1.82, 2.24) is 19.4 Å². The molecule has 1 saturated heterocycles. The molecule has 1 aromatic heterocycles. The quantitative estimate of drug-likeness (QED) is 0.586. The number of nitrogens with zero attached hydrogens (tertiary/aromatic N) is 5. The van der Waals surface area contributed by atoms with E-state index in [4.69, 9.17) is 7.05 Å². The largest absolute Gasteiger partial charge is 0.335 e. The number of aryl methyl sites for hydroxylation is 2. The Morgan fingerprint density at radius 1 is 1.16 bits per heavy atom. The highest BCUT2D eigenvalue weighted by atomic mass is 19.1. The van der Waals surface area contributed by atoms with Crippen molar-refractivity contribution in [3.05, 3.63) is 95.9 Å². The van der Waals surface area contributed by atoms with E-state index in [1.807, 2.05) is 42.8 Å². The fourth-order valence-electron chi connectivity index (χ4n) is 4.26. The van der Waals surface area contributed by atoms with E-state index in [2.05, 4.69) is 9.98 Å². The molecule has 3 aromatic rings. The third-order valence-electron chi connectivity index (χ3n) is 5.85. The van der Waals surface area contributed by atoms with Crippen LogP contribution >= 0.6 is 0 Å². The van der Waals surface area contributed by atoms with Gasteiger partial charge in [-0.1, -0.05) is 18.2 Å². The molecule has 0 N–H and O–H groups in total. The minimum atomic E-state index is -0.308. The Morgan fingerprint density at radius 3 is 2.62 bits per heavy atom. The molecular formula is C25H22FN5O. The minimum Gasteiger partial charge on any atom is -0.335 e. The number of imidazole rings is 1. The monoisotopic (exact) mass is 427 g/mol. The van der Waals surface area contributed by atoms with Crippen molar-refractivity contribution < 1.29 is 9.18 Å². The first-order chi connectivity index (χ1) is 15.4. The molecule has 2 aliphatic rings. The number of aromatic nitrogens is 2. The second-order valence-electron chi connectivity index (χ2n) is 8.13. The molecule has 160 valence electrons. The molecule has 0 aliphatic carbocycles. The van der Waals surface area contributed by atoms with Crippen LogP contribution in [-0.4, -0.2) is 37.8 Å². The zero-order chi connectivity index (χ0) is 22.4. The van der Waals surface area contributed by atoms with Crippen LogP contribution in [0.25, 0.3) is 11.8 Å². The normalized spacial score (nSPS) is 19.5. The second-order valence-corrected chi connectivity index (χ2v) is 8.13. The molecule has 2 radical (unpaired) electrons. The second kappa shape index (κ2) is 7.75. The van der Waals surface area contributed by atoms with Crippen LogP contribution in [0.5, 0.6) is 0 Å². The Morgan fingerprint density at radius 2 is 1.94 bits per heavy atom. The number of benzene rings is 2. The average molecular weight is 427 g/mol. The van der Waals surface area contributed by atoms with E-state index in [9.17, 15) is 9.18 Å². The van der Waals surface area contributed by atoms with Crippen molar-refractivity contribution in [2.45, 2.75) is 26.3 Å². The van der Waals surface area contributed by atoms with Gasteiger partial charge >= 0.3 is 0 Å². The molecule has 6 nitrogen and oxygen atoms in total. The third kappa shape index (κ3) is 3.49. The van der Waals surface area contributed by atoms with Crippen LogP contribution in [0, 0.1) is 26.7 Å². The van der Waals surface area contributed by atoms with E-state index in [1.54, 1.807) is 29.4 Å². The molecule has 0 bridgehead atoms. The summed E-state index contributed by atoms with van der Waals surface area (Å²) in [5.41, 5.74) is 5.09. The van der Waals surface area contributed by atoms with Crippen molar-refractivity contribution in [2.24, 2.45) is 4.99 Å². The maximum absolute atomic E-state index is 13.4. The van der Waals surface area contributed by atoms with E-state index in [0.717, 1.165) is 28.1 Å². The van der Waals surface area contributed by atoms with Gasteiger partial charge in [-0.05, 0) is 67.3 Å². The van der Waals surface area contributed by atoms with Gasteiger partial charge in [0.05, 0.1) is 25.1 Å². The summed E-state index contributed by atoms with van der Waals surface area (Å²) in [5.74, 6) is -0.0996. The first kappa shape index (κ1) is 20.2. The fraction of sp³-hybridized carbons (Fsp3) is 0.200. The summed E-state index contributed by atoms with van der Waals surface area (Å²) < 4.78 is 15.4. The van der Waals surface area contributed by atoms with Crippen molar-refractivity contribution in [1.29, 1.82) is 0 Å². The minimum absolute atomic E-state index is 0.212. The lowest BCUT2D eigenvalue weighted by atomic mass is 10.00. The van der Waals surface area contributed by atoms with E-state index in [1.165, 1.54) is 17.0 Å². The van der Waals surface area contributed by atoms with E-state index < -0.39 is 0 Å². The molecule has 1 amide bonds. The van der Waals surface area contributed by atoms with Gasteiger partial charge in [0.1, 0.15) is 11.5 Å². The van der Waals surface area contributed by atoms with Gasteiger partial charge in [0, 0.05) is 18.4 Å². The summed E-state index contributed by atoms with van der Waals surface area (Å²) in [5, 5.41) is 0. The van der Waals surface area contributed by atoms with Crippen molar-refractivity contribution >= 4 is 17.9 Å². The van der Waals surface area contributed by atoms with Crippen molar-refractivity contribution in [2.75, 3.05) is 6.54 Å². The van der Waals surface area contributed by atoms with Gasteiger partial charge in [-0.25, -0.2) is 14.4 Å². The van der Waals surface area contributed by atoms with Crippen LogP contribution < -0.4 is 0 Å². The highest BCUT2D eigenvalue weighted by Gasteiger charge is 2.41. The number of halogens is 1. The molecule has 2 aliphatic heterocycles. The average Bonchev–Trinajstić information content (AvgIpc) is 3.34. The lowest BCUT2D eigenvalue weighted by molar-refractivity contribution is -0.125. The summed E-state index contributed by atoms with van der Waals surface area (Å²) in [4.78, 5) is 25.2. The molecule has 0 unspecified atom stereocenters. The summed E-state index contributed by atoms with van der Waals surface area (Å²) in [7, 11) is 6.13. The van der Waals surface area contributed by atoms with Gasteiger partial charge < -0.3 is 9.47 Å². The van der Waals surface area contributed by atoms with Crippen molar-refractivity contribution in [3.63, 3.8) is 0 Å². The third-order valence-corrected chi connectivity index (χ3v) is 5.85. The zero-order valence-corrected chi connectivity index (χ0v) is 17.9. The summed E-state index contributed by atoms with van der Waals surface area (Å²) in [6.45, 7) is 4.52. The van der Waals surface area contributed by atoms with Gasteiger partial charge in [0.15, 0.2) is 0 Å². The van der Waals surface area contributed by atoms with Gasteiger partial charge in [-0.2, -0.15) is 0 Å². The zero-order valence-electron chi connectivity index (χ0n) is 17.9. The Balaban J connectivity index is 1.47. The summed E-state index contributed by atoms with van der Waals surface area (Å²) >= 11 is 0. The molecule has 3 heterocycles. The molecule has 1 fully saturated rings. The number of amides is 1. The van der Waals surface area contributed by atoms with E-state index in [-0.39, 0.29) is 17.8 Å². The van der Waals surface area contributed by atoms with Crippen LogP contribution in [0.15, 0.2) is 65.7 Å². The van der Waals surface area contributed by atoms with Crippen LogP contribution in [0.4, 0.5) is 4.39 Å². The standard InChI is InChI=1S/C25H22FN5O/c1-16-12-18(4-9-22(16)30-14-17(2)27-15-30)13-21-24(32)31-23(10-11-29(3)25(31)28-21)19-5-7-20(26)8-6-19/h3-9,12-15,23H,10-11H2,1-2H3/b21-13-/t23-/m0/s1. The number of carbonyl (C=O) groups excluding carboxylic acids is 1. The Labute approximate surface area is 186 Å². The molecule has 1 atom stereocenters. The number of aliphatic imine (C=N–C) groups is 1.